The van der Waals surface area contributed by atoms with E-state index in [1.165, 1.54) is 55.5 Å². The number of carboxylic acid groups (broad SMARTS) is 3. The van der Waals surface area contributed by atoms with Crippen LogP contribution in [0.3, 0.4) is 0 Å². The van der Waals surface area contributed by atoms with Gasteiger partial charge in [-0.3, -0.25) is 76.9 Å². The number of fused-ring (bicyclic) bond motifs is 20. The third-order valence-electron chi connectivity index (χ3n) is 16.0. The van der Waals surface area contributed by atoms with E-state index in [9.17, 15) is 106 Å². The first kappa shape index (κ1) is 90.2. The molecule has 4 fully saturated rings. The number of hydrogen-bond acceptors (Lipinski definition) is 27. The molecule has 20 N–H and O–H groups in total. The second-order valence-corrected chi connectivity index (χ2v) is 32.0. The highest BCUT2D eigenvalue weighted by atomic mass is 33.1. The number of carbonyl (C=O) groups is 17. The summed E-state index contributed by atoms with van der Waals surface area (Å²) in [7, 11) is 4.77. The first-order chi connectivity index (χ1) is 51.3. The molecular weight excluding hydrogens is 1570 g/mol. The molecule has 598 valence electrons. The minimum Gasteiger partial charge on any atom is -0.508 e. The lowest BCUT2D eigenvalue weighted by atomic mass is 10.0. The first-order valence-electron chi connectivity index (χ1n) is 32.7. The molecule has 2 aromatic rings. The maximum atomic E-state index is 15.2. The molecule has 4 saturated heterocycles. The summed E-state index contributed by atoms with van der Waals surface area (Å²) in [5, 5.41) is 87.7. The second kappa shape index (κ2) is 43.7. The molecule has 47 heteroatoms. The molecule has 2 aromatic carbocycles. The van der Waals surface area contributed by atoms with Gasteiger partial charge in [-0.15, -0.1) is 0 Å². The van der Waals surface area contributed by atoms with E-state index >= 15 is 9.59 Å². The number of rotatable bonds is 14. The molecular formula is C62H80F3N15O23S6. The van der Waals surface area contributed by atoms with Crippen molar-refractivity contribution in [3.63, 3.8) is 0 Å². The predicted octanol–water partition coefficient (Wildman–Crippen LogP) is -4.56. The number of hydrogen-bond donors (Lipinski definition) is 19. The number of aliphatic hydroxyl groups is 1. The smallest absolute Gasteiger partial charge is 0.490 e. The summed E-state index contributed by atoms with van der Waals surface area (Å²) in [6, 6.07) is -11.7. The van der Waals surface area contributed by atoms with E-state index in [4.69, 9.17) is 15.6 Å². The van der Waals surface area contributed by atoms with E-state index in [1.807, 2.05) is 0 Å². The topological polar surface area (TPSA) is 598 Å². The number of aliphatic imine (C=N–C) groups is 1. The number of aliphatic carboxylic acids is 3. The lowest BCUT2D eigenvalue weighted by Gasteiger charge is -2.30. The maximum absolute atomic E-state index is 15.2. The van der Waals surface area contributed by atoms with Crippen molar-refractivity contribution in [2.45, 2.75) is 150 Å². The summed E-state index contributed by atoms with van der Waals surface area (Å²) in [5.74, 6) is -24.4. The molecule has 109 heavy (non-hydrogen) atoms. The van der Waals surface area contributed by atoms with Crippen LogP contribution in [0.4, 0.5) is 13.2 Å². The number of phenols is 2. The van der Waals surface area contributed by atoms with Crippen LogP contribution in [0.25, 0.3) is 0 Å². The number of nitrogens with zero attached hydrogens (tertiary/aromatic N) is 2. The first-order valence-corrected chi connectivity index (χ1v) is 40.2. The van der Waals surface area contributed by atoms with Crippen molar-refractivity contribution in [2.75, 3.05) is 47.6 Å². The minimum absolute atomic E-state index is 0.0109. The number of aromatic hydroxyl groups is 2. The Kier molecular flexibility index (Phi) is 36.1. The van der Waals surface area contributed by atoms with Crippen LogP contribution < -0.4 is 69.5 Å². The fraction of sp³-hybridized carbons (Fsp3) is 0.516. The van der Waals surface area contributed by atoms with Gasteiger partial charge < -0.3 is 105 Å². The minimum atomic E-state index is -5.08. The monoisotopic (exact) mass is 1650 g/mol. The van der Waals surface area contributed by atoms with Gasteiger partial charge in [0.15, 0.2) is 0 Å². The van der Waals surface area contributed by atoms with E-state index in [0.29, 0.717) is 5.56 Å². The molecule has 4 aliphatic heterocycles. The van der Waals surface area contributed by atoms with Crippen molar-refractivity contribution >= 4 is 172 Å². The Balaban J connectivity index is 0.00000289. The Morgan fingerprint density at radius 2 is 1.07 bits per heavy atom. The molecule has 0 aromatic heterocycles. The predicted molar refractivity (Wildman–Crippen MR) is 390 cm³/mol. The van der Waals surface area contributed by atoms with Gasteiger partial charge in [-0.2, -0.15) is 13.2 Å². The normalized spacial score (nSPS) is 26.1. The number of carboxylic acids is 3. The van der Waals surface area contributed by atoms with Crippen molar-refractivity contribution in [3.05, 3.63) is 59.7 Å². The molecule has 0 unspecified atom stereocenters. The summed E-state index contributed by atoms with van der Waals surface area (Å²) in [6.07, 6.45) is -9.81. The van der Waals surface area contributed by atoms with Crippen molar-refractivity contribution in [1.29, 1.82) is 0 Å². The van der Waals surface area contributed by atoms with Gasteiger partial charge in [-0.25, -0.2) is 9.59 Å². The molecule has 0 aliphatic carbocycles. The molecule has 0 saturated carbocycles. The number of aliphatic hydroxyl groups excluding tert-OH is 1. The molecule has 14 atom stereocenters. The van der Waals surface area contributed by atoms with Gasteiger partial charge in [0.05, 0.1) is 19.1 Å². The largest absolute Gasteiger partial charge is 0.508 e. The van der Waals surface area contributed by atoms with Crippen molar-refractivity contribution in [1.82, 2.24) is 68.7 Å². The third kappa shape index (κ3) is 29.8. The van der Waals surface area contributed by atoms with Crippen LogP contribution in [0.2, 0.25) is 0 Å². The molecule has 6 rings (SSSR count). The Morgan fingerprint density at radius 3 is 1.59 bits per heavy atom. The molecule has 14 amide bonds. The molecule has 4 bridgehead atoms. The summed E-state index contributed by atoms with van der Waals surface area (Å²) < 4.78 is 31.7. The van der Waals surface area contributed by atoms with Crippen LogP contribution >= 0.6 is 64.8 Å². The van der Waals surface area contributed by atoms with Crippen LogP contribution in [0.15, 0.2) is 53.5 Å². The van der Waals surface area contributed by atoms with Crippen LogP contribution in [0.1, 0.15) is 57.1 Å². The van der Waals surface area contributed by atoms with Crippen molar-refractivity contribution in [3.8, 4) is 11.5 Å². The third-order valence-corrected chi connectivity index (χ3v) is 23.2. The number of alkyl halides is 3. The van der Waals surface area contributed by atoms with Gasteiger partial charge in [0.1, 0.15) is 90.0 Å². The van der Waals surface area contributed by atoms with E-state index < -0.39 is 252 Å². The molecule has 0 radical (unpaired) electrons. The van der Waals surface area contributed by atoms with Crippen LogP contribution in [-0.2, 0) is 94.3 Å². The van der Waals surface area contributed by atoms with Crippen LogP contribution in [0, 0.1) is 0 Å². The number of nitrogens with two attached hydrogens (primary N) is 1. The average Bonchev–Trinajstić information content (AvgIpc) is 1.70. The van der Waals surface area contributed by atoms with Gasteiger partial charge >= 0.3 is 24.1 Å². The van der Waals surface area contributed by atoms with E-state index in [1.54, 1.807) is 0 Å². The SMILES string of the molecule is C=N[C@H]1CSSC[C@@H]2NC(=O)[C@@H]3CSSC[C@@H](C(=O)N[C@@H](Cc4ccc(O)cc4)C(=O)O)NC(=O)CNC(=O)[C@H]([C@@H](C)O)NC(=O)[C@H](CSSC[C@H](NC1=O)C(=O)N[C@@H](CCC(=O)O)C(=O)N[C@@H](Cc1ccc(O)cc1)C(=O)N3)NC(=O)[C@H](C)NC(=O)[C@@H]1CCCN1C(=O)[C@H](CC(N)=O)NC2=O.O=C(O)C(F)(F)F. The number of amides is 14. The van der Waals surface area contributed by atoms with Crippen LogP contribution in [0.5, 0.6) is 11.5 Å². The highest BCUT2D eigenvalue weighted by Gasteiger charge is 2.43. The van der Waals surface area contributed by atoms with E-state index in [2.05, 4.69) is 75.5 Å². The zero-order valence-electron chi connectivity index (χ0n) is 57.7. The lowest BCUT2D eigenvalue weighted by molar-refractivity contribution is -0.192. The quantitative estimate of drug-likeness (QED) is 0.0481. The molecule has 4 heterocycles. The van der Waals surface area contributed by atoms with Gasteiger partial charge in [0, 0.05) is 60.3 Å². The van der Waals surface area contributed by atoms with Crippen molar-refractivity contribution < 1.29 is 125 Å². The second-order valence-electron chi connectivity index (χ2n) is 24.4. The Morgan fingerprint density at radius 1 is 0.606 bits per heavy atom. The number of halogens is 3. The standard InChI is InChI=1S/C60H79N15O21S6.C2HF3O2/c1-27-48(83)70-42-26-102-101-23-39-53(88)66-33(14-15-46(81)82)49(84)67-34(17-29-6-10-31(77)11-7-29)50(85)71-41(55(90)73-40(24-99-97-21-37(62-3)51(86)72-39)54(89)68-35(19-44(61)79)59(94)75-16-4-5-43(75)57(92)64-27)25-100-98-22-38(65-45(80)20-63-58(93)47(28(2)76)74-56(42)91)52(87)69-36(60(95)96)18-30-8-12-32(78)13-9-30;3-2(4,5)1(6)7/h6-13,27-28,33-43,47,76-78H,3-5,14-26H2,1-2H3,(H2,61,79)(H,63,93)(H,64,92)(H,65,80)(H,66,88)(H,67,84)(H,68,89)(H,69,87)(H,70,83)(H,71,85)(H,72,86)(H,73,90)(H,74,91)(H,81,82)(H,95,96);(H,6,7)/t27-,28+,33-,34-,35-,36-,37-,38-,39-,40-,41-,42-,43-,47-;/m0./s1. The van der Waals surface area contributed by atoms with Gasteiger partial charge in [0.25, 0.3) is 0 Å². The summed E-state index contributed by atoms with van der Waals surface area (Å²) in [6.45, 7) is 4.70. The summed E-state index contributed by atoms with van der Waals surface area (Å²) >= 11 is 0. The average molecular weight is 1650 g/mol. The van der Waals surface area contributed by atoms with Gasteiger partial charge in [0.2, 0.25) is 82.7 Å². The van der Waals surface area contributed by atoms with Crippen LogP contribution in [-0.4, -0.2) is 281 Å². The number of nitrogens with one attached hydrogen (secondary N) is 12. The number of phenolic OH excluding ortho intramolecular Hbond substituents is 2. The number of primary amides is 1. The fourth-order valence-corrected chi connectivity index (χ4v) is 17.1. The Labute approximate surface area is 641 Å². The summed E-state index contributed by atoms with van der Waals surface area (Å²) in [4.78, 5) is 240. The molecule has 0 spiro atoms. The molecule has 38 nitrogen and oxygen atoms in total. The van der Waals surface area contributed by atoms with E-state index in [0.717, 1.165) is 76.6 Å². The zero-order chi connectivity index (χ0) is 81.0. The van der Waals surface area contributed by atoms with Gasteiger partial charge in [-0.05, 0) is 75.2 Å². The van der Waals surface area contributed by atoms with E-state index in [-0.39, 0.29) is 48.6 Å². The molecule has 4 aliphatic rings. The number of carbonyl (C=O) groups excluding carboxylic acids is 14. The highest BCUT2D eigenvalue weighted by Crippen LogP contribution is 2.29. The number of benzene rings is 2. The lowest BCUT2D eigenvalue weighted by Crippen LogP contribution is -2.61. The highest BCUT2D eigenvalue weighted by molar-refractivity contribution is 8.77. The maximum Gasteiger partial charge on any atom is 0.490 e. The Hall–Kier alpha value is -9.45. The fourth-order valence-electron chi connectivity index (χ4n) is 10.2. The van der Waals surface area contributed by atoms with Crippen molar-refractivity contribution in [2.24, 2.45) is 10.7 Å². The zero-order valence-corrected chi connectivity index (χ0v) is 62.6. The van der Waals surface area contributed by atoms with Gasteiger partial charge in [-0.1, -0.05) is 89.0 Å². The Bertz CT molecular complexity index is 3690. The summed E-state index contributed by atoms with van der Waals surface area (Å²) in [5.41, 5.74) is 6.26.